The van der Waals surface area contributed by atoms with E-state index in [-0.39, 0.29) is 11.3 Å². The van der Waals surface area contributed by atoms with Gasteiger partial charge in [0.05, 0.1) is 17.1 Å². The van der Waals surface area contributed by atoms with Crippen molar-refractivity contribution in [3.8, 4) is 0 Å². The molecule has 0 radical (unpaired) electrons. The van der Waals surface area contributed by atoms with Gasteiger partial charge in [0.2, 0.25) is 0 Å². The summed E-state index contributed by atoms with van der Waals surface area (Å²) in [6.07, 6.45) is 1.93. The number of hydrogen-bond acceptors (Lipinski definition) is 3. The third-order valence-corrected chi connectivity index (χ3v) is 6.48. The minimum atomic E-state index is -0.904. The van der Waals surface area contributed by atoms with Crippen LogP contribution >= 0.6 is 0 Å². The fraction of sp³-hybridized carbons (Fsp3) is 0.650. The van der Waals surface area contributed by atoms with Crippen LogP contribution in [0, 0.1) is 11.3 Å². The lowest BCUT2D eigenvalue weighted by Crippen LogP contribution is -2.56. The number of hydrogen-bond donors (Lipinski definition) is 3. The maximum atomic E-state index is 12.0. The number of carboxylic acid groups (broad SMARTS) is 1. The van der Waals surface area contributed by atoms with Crippen molar-refractivity contribution in [1.29, 1.82) is 0 Å². The van der Waals surface area contributed by atoms with E-state index in [0.29, 0.717) is 12.8 Å². The Morgan fingerprint density at radius 2 is 1.92 bits per heavy atom. The number of aliphatic hydroxyl groups is 2. The predicted octanol–water partition coefficient (Wildman–Crippen LogP) is 2.98. The third kappa shape index (κ3) is 2.47. The molecule has 24 heavy (non-hydrogen) atoms. The molecule has 1 fully saturated rings. The Labute approximate surface area is 143 Å². The Bertz CT molecular complexity index is 675. The van der Waals surface area contributed by atoms with E-state index < -0.39 is 23.1 Å². The van der Waals surface area contributed by atoms with Crippen molar-refractivity contribution in [3.63, 3.8) is 0 Å². The first-order chi connectivity index (χ1) is 11.0. The van der Waals surface area contributed by atoms with Crippen LogP contribution in [0.3, 0.4) is 0 Å². The largest absolute Gasteiger partial charge is 0.481 e. The number of rotatable bonds is 2. The Hall–Kier alpha value is -1.39. The first kappa shape index (κ1) is 17.4. The van der Waals surface area contributed by atoms with Crippen molar-refractivity contribution < 1.29 is 20.1 Å². The van der Waals surface area contributed by atoms with Crippen LogP contribution in [0.15, 0.2) is 18.2 Å². The highest BCUT2D eigenvalue weighted by Crippen LogP contribution is 2.57. The van der Waals surface area contributed by atoms with E-state index in [1.54, 1.807) is 20.8 Å². The minimum Gasteiger partial charge on any atom is -0.481 e. The maximum absolute atomic E-state index is 12.0. The summed E-state index contributed by atoms with van der Waals surface area (Å²) in [6.45, 7) is 7.43. The van der Waals surface area contributed by atoms with Crippen LogP contribution < -0.4 is 0 Å². The van der Waals surface area contributed by atoms with Crippen LogP contribution in [0.2, 0.25) is 0 Å². The molecule has 2 aliphatic rings. The number of carboxylic acids is 1. The van der Waals surface area contributed by atoms with E-state index in [2.05, 4.69) is 13.0 Å². The Kier molecular flexibility index (Phi) is 3.85. The van der Waals surface area contributed by atoms with Crippen molar-refractivity contribution >= 4 is 5.97 Å². The molecule has 0 aromatic heterocycles. The van der Waals surface area contributed by atoms with Gasteiger partial charge in [-0.3, -0.25) is 4.79 Å². The zero-order chi connectivity index (χ0) is 17.9. The van der Waals surface area contributed by atoms with Gasteiger partial charge >= 0.3 is 5.97 Å². The molecule has 1 aromatic rings. The molecular formula is C20H28O4. The molecule has 132 valence electrons. The predicted molar refractivity (Wildman–Crippen MR) is 91.8 cm³/mol. The molecule has 4 atom stereocenters. The molecule has 0 saturated heterocycles. The zero-order valence-electron chi connectivity index (χ0n) is 15.0. The number of aliphatic hydroxyl groups excluding tert-OH is 1. The highest BCUT2D eigenvalue weighted by Gasteiger charge is 2.57. The summed E-state index contributed by atoms with van der Waals surface area (Å²) in [4.78, 5) is 12.0. The number of aryl methyl sites for hydroxylation is 1. The molecule has 3 N–H and O–H groups in total. The van der Waals surface area contributed by atoms with Crippen LogP contribution in [0.5, 0.6) is 0 Å². The van der Waals surface area contributed by atoms with Gasteiger partial charge in [-0.25, -0.2) is 0 Å². The Morgan fingerprint density at radius 3 is 2.50 bits per heavy atom. The van der Waals surface area contributed by atoms with Crippen molar-refractivity contribution in [2.75, 3.05) is 0 Å². The van der Waals surface area contributed by atoms with Crippen molar-refractivity contribution in [2.45, 2.75) is 70.5 Å². The quantitative estimate of drug-likeness (QED) is 0.778. The normalized spacial score (nSPS) is 35.9. The lowest BCUT2D eigenvalue weighted by Gasteiger charge is -2.55. The summed E-state index contributed by atoms with van der Waals surface area (Å²) in [7, 11) is 0. The van der Waals surface area contributed by atoms with Crippen molar-refractivity contribution in [1.82, 2.24) is 0 Å². The summed E-state index contributed by atoms with van der Waals surface area (Å²) >= 11 is 0. The lowest BCUT2D eigenvalue weighted by atomic mass is 9.49. The number of fused-ring (bicyclic) bond motifs is 3. The molecule has 1 saturated carbocycles. The minimum absolute atomic E-state index is 0.00591. The van der Waals surface area contributed by atoms with Gasteiger partial charge in [0, 0.05) is 0 Å². The molecule has 0 spiro atoms. The third-order valence-electron chi connectivity index (χ3n) is 6.48. The highest BCUT2D eigenvalue weighted by molar-refractivity contribution is 5.75. The standard InChI is InChI=1S/C20H28O4/c1-18(2,24)13-6-7-15-12(9-13)5-8-16-19(15,3)10-14(21)11-20(16,4)17(22)23/h6-7,9,14,16,21,24H,5,8,10-11H2,1-4H3,(H,22,23)/t14-,16-,19-,20-/m1/s1. The number of benzene rings is 1. The highest BCUT2D eigenvalue weighted by atomic mass is 16.4. The van der Waals surface area contributed by atoms with Gasteiger partial charge in [-0.2, -0.15) is 0 Å². The smallest absolute Gasteiger partial charge is 0.309 e. The van der Waals surface area contributed by atoms with E-state index in [0.717, 1.165) is 24.0 Å². The van der Waals surface area contributed by atoms with Gasteiger partial charge in [-0.05, 0) is 74.5 Å². The SMILES string of the molecule is CC(C)(O)c1ccc2c(c1)CC[C@H]1[C@](C)(C(=O)O)C[C@H](O)C[C@]21C. The fourth-order valence-electron chi connectivity index (χ4n) is 5.25. The average Bonchev–Trinajstić information content (AvgIpc) is 2.44. The summed E-state index contributed by atoms with van der Waals surface area (Å²) in [5.74, 6) is -0.805. The summed E-state index contributed by atoms with van der Waals surface area (Å²) < 4.78 is 0. The molecule has 2 aliphatic carbocycles. The first-order valence-corrected chi connectivity index (χ1v) is 8.76. The monoisotopic (exact) mass is 332 g/mol. The Morgan fingerprint density at radius 1 is 1.25 bits per heavy atom. The van der Waals surface area contributed by atoms with Gasteiger partial charge in [-0.1, -0.05) is 25.1 Å². The lowest BCUT2D eigenvalue weighted by molar-refractivity contribution is -0.162. The van der Waals surface area contributed by atoms with Crippen LogP contribution in [0.1, 0.15) is 63.6 Å². The topological polar surface area (TPSA) is 77.8 Å². The average molecular weight is 332 g/mol. The summed E-state index contributed by atoms with van der Waals surface area (Å²) in [6, 6.07) is 6.02. The molecule has 0 unspecified atom stereocenters. The molecule has 0 aliphatic heterocycles. The molecule has 0 amide bonds. The second-order valence-corrected chi connectivity index (χ2v) is 8.72. The van der Waals surface area contributed by atoms with E-state index in [1.165, 1.54) is 5.56 Å². The van der Waals surface area contributed by atoms with Gasteiger partial charge in [0.25, 0.3) is 0 Å². The second-order valence-electron chi connectivity index (χ2n) is 8.72. The first-order valence-electron chi connectivity index (χ1n) is 8.76. The summed E-state index contributed by atoms with van der Waals surface area (Å²) in [5.41, 5.74) is 1.04. The molecule has 0 heterocycles. The Balaban J connectivity index is 2.11. The number of aliphatic carboxylic acids is 1. The van der Waals surface area contributed by atoms with Crippen molar-refractivity contribution in [2.24, 2.45) is 11.3 Å². The van der Waals surface area contributed by atoms with E-state index >= 15 is 0 Å². The summed E-state index contributed by atoms with van der Waals surface area (Å²) in [5, 5.41) is 30.5. The zero-order valence-corrected chi connectivity index (χ0v) is 15.0. The maximum Gasteiger partial charge on any atom is 0.309 e. The van der Waals surface area contributed by atoms with Crippen molar-refractivity contribution in [3.05, 3.63) is 34.9 Å². The molecule has 1 aromatic carbocycles. The van der Waals surface area contributed by atoms with E-state index in [4.69, 9.17) is 0 Å². The molecule has 4 heteroatoms. The van der Waals surface area contributed by atoms with Crippen LogP contribution in [-0.4, -0.2) is 27.4 Å². The van der Waals surface area contributed by atoms with Crippen LogP contribution in [0.4, 0.5) is 0 Å². The second kappa shape index (κ2) is 5.30. The van der Waals surface area contributed by atoms with Gasteiger partial charge in [0.1, 0.15) is 0 Å². The molecular weight excluding hydrogens is 304 g/mol. The van der Waals surface area contributed by atoms with E-state index in [1.807, 2.05) is 12.1 Å². The number of carbonyl (C=O) groups is 1. The van der Waals surface area contributed by atoms with Gasteiger partial charge < -0.3 is 15.3 Å². The molecule has 3 rings (SSSR count). The van der Waals surface area contributed by atoms with Gasteiger partial charge in [0.15, 0.2) is 0 Å². The van der Waals surface area contributed by atoms with Crippen LogP contribution in [-0.2, 0) is 22.2 Å². The van der Waals surface area contributed by atoms with Crippen LogP contribution in [0.25, 0.3) is 0 Å². The fourth-order valence-corrected chi connectivity index (χ4v) is 5.25. The van der Waals surface area contributed by atoms with Gasteiger partial charge in [-0.15, -0.1) is 0 Å². The van der Waals surface area contributed by atoms with E-state index in [9.17, 15) is 20.1 Å². The molecule has 4 nitrogen and oxygen atoms in total. The molecule has 0 bridgehead atoms.